The Hall–Kier alpha value is -2.81. The predicted octanol–water partition coefficient (Wildman–Crippen LogP) is 1.62. The third kappa shape index (κ3) is 5.35. The molecule has 5 atom stereocenters. The van der Waals surface area contributed by atoms with E-state index in [4.69, 9.17) is 23.7 Å². The number of phenols is 1. The molecule has 9 heteroatoms. The summed E-state index contributed by atoms with van der Waals surface area (Å²) in [6, 6.07) is 4.71. The van der Waals surface area contributed by atoms with Gasteiger partial charge in [0.25, 0.3) is 0 Å². The number of hydrogen-bond donors (Lipinski definition) is 1. The summed E-state index contributed by atoms with van der Waals surface area (Å²) in [4.78, 5) is 34.7. The minimum Gasteiger partial charge on any atom is -0.504 e. The van der Waals surface area contributed by atoms with Crippen molar-refractivity contribution < 1.29 is 43.2 Å². The maximum absolute atomic E-state index is 11.6. The Morgan fingerprint density at radius 3 is 2.04 bits per heavy atom. The molecule has 0 saturated carbocycles. The normalized spacial score (nSPS) is 26.8. The van der Waals surface area contributed by atoms with Gasteiger partial charge in [-0.1, -0.05) is 6.07 Å². The topological polar surface area (TPSA) is 118 Å². The molecular formula is C19H24O9. The predicted molar refractivity (Wildman–Crippen MR) is 94.5 cm³/mol. The zero-order valence-electron chi connectivity index (χ0n) is 16.3. The van der Waals surface area contributed by atoms with Gasteiger partial charge >= 0.3 is 17.9 Å². The van der Waals surface area contributed by atoms with Crippen molar-refractivity contribution in [3.05, 3.63) is 23.8 Å². The first kappa shape index (κ1) is 21.5. The van der Waals surface area contributed by atoms with Crippen LogP contribution in [0.2, 0.25) is 0 Å². The molecule has 2 rings (SSSR count). The van der Waals surface area contributed by atoms with Crippen molar-refractivity contribution in [2.75, 3.05) is 0 Å². The number of esters is 3. The summed E-state index contributed by atoms with van der Waals surface area (Å²) in [7, 11) is 0. The van der Waals surface area contributed by atoms with Gasteiger partial charge in [0.15, 0.2) is 23.7 Å². The van der Waals surface area contributed by atoms with Crippen molar-refractivity contribution in [3.8, 4) is 11.5 Å². The summed E-state index contributed by atoms with van der Waals surface area (Å²) in [5.41, 5.74) is 0.815. The third-order valence-corrected chi connectivity index (χ3v) is 3.99. The van der Waals surface area contributed by atoms with Crippen molar-refractivity contribution >= 4 is 17.9 Å². The molecule has 0 amide bonds. The minimum absolute atomic E-state index is 0.0989. The number of phenolic OH excluding ortho intramolecular Hbond substituents is 1. The molecule has 1 heterocycles. The van der Waals surface area contributed by atoms with Crippen LogP contribution in [0.15, 0.2) is 18.2 Å². The average Bonchev–Trinajstić information content (AvgIpc) is 2.56. The molecule has 28 heavy (non-hydrogen) atoms. The maximum Gasteiger partial charge on any atom is 0.303 e. The Kier molecular flexibility index (Phi) is 6.85. The van der Waals surface area contributed by atoms with Gasteiger partial charge < -0.3 is 28.8 Å². The van der Waals surface area contributed by atoms with Gasteiger partial charge in [-0.25, -0.2) is 0 Å². The number of benzene rings is 1. The minimum atomic E-state index is -1.23. The lowest BCUT2D eigenvalue weighted by Gasteiger charge is -2.43. The van der Waals surface area contributed by atoms with E-state index in [-0.39, 0.29) is 11.5 Å². The van der Waals surface area contributed by atoms with Crippen LogP contribution < -0.4 is 4.74 Å². The van der Waals surface area contributed by atoms with Crippen LogP contribution in [0, 0.1) is 6.92 Å². The van der Waals surface area contributed by atoms with Gasteiger partial charge in [-0.05, 0) is 31.5 Å². The first-order chi connectivity index (χ1) is 13.1. The third-order valence-electron chi connectivity index (χ3n) is 3.99. The lowest BCUT2D eigenvalue weighted by atomic mass is 9.99. The highest BCUT2D eigenvalue weighted by molar-refractivity contribution is 5.68. The van der Waals surface area contributed by atoms with Crippen molar-refractivity contribution in [3.63, 3.8) is 0 Å². The average molecular weight is 396 g/mol. The fraction of sp³-hybridized carbons (Fsp3) is 0.526. The van der Waals surface area contributed by atoms with Gasteiger partial charge in [-0.15, -0.1) is 0 Å². The fourth-order valence-corrected chi connectivity index (χ4v) is 2.91. The van der Waals surface area contributed by atoms with E-state index in [1.165, 1.54) is 26.8 Å². The lowest BCUT2D eigenvalue weighted by Crippen LogP contribution is -2.62. The van der Waals surface area contributed by atoms with E-state index in [0.717, 1.165) is 5.56 Å². The molecule has 1 fully saturated rings. The van der Waals surface area contributed by atoms with E-state index in [0.29, 0.717) is 0 Å². The number of hydrogen-bond acceptors (Lipinski definition) is 9. The van der Waals surface area contributed by atoms with Crippen LogP contribution in [0.1, 0.15) is 33.3 Å². The van der Waals surface area contributed by atoms with Gasteiger partial charge in [0.05, 0.1) is 6.10 Å². The van der Waals surface area contributed by atoms with Crippen molar-refractivity contribution in [1.82, 2.24) is 0 Å². The number of aryl methyl sites for hydroxylation is 1. The number of carbonyl (C=O) groups excluding carboxylic acids is 3. The molecule has 9 nitrogen and oxygen atoms in total. The van der Waals surface area contributed by atoms with Gasteiger partial charge in [-0.2, -0.15) is 0 Å². The second-order valence-electron chi connectivity index (χ2n) is 6.52. The highest BCUT2D eigenvalue weighted by atomic mass is 16.7. The molecule has 1 aromatic carbocycles. The molecule has 0 radical (unpaired) electrons. The molecule has 1 aliphatic rings. The number of rotatable bonds is 5. The fourth-order valence-electron chi connectivity index (χ4n) is 2.91. The summed E-state index contributed by atoms with van der Waals surface area (Å²) in [6.45, 7) is 6.95. The second-order valence-corrected chi connectivity index (χ2v) is 6.52. The van der Waals surface area contributed by atoms with Crippen LogP contribution in [0.4, 0.5) is 0 Å². The van der Waals surface area contributed by atoms with Crippen LogP contribution in [-0.4, -0.2) is 53.7 Å². The van der Waals surface area contributed by atoms with Crippen LogP contribution in [0.3, 0.4) is 0 Å². The van der Waals surface area contributed by atoms with E-state index in [9.17, 15) is 19.5 Å². The number of carbonyl (C=O) groups is 3. The molecule has 0 unspecified atom stereocenters. The quantitative estimate of drug-likeness (QED) is 0.585. The molecule has 0 spiro atoms. The van der Waals surface area contributed by atoms with Crippen LogP contribution in [0.25, 0.3) is 0 Å². The molecule has 1 N–H and O–H groups in total. The highest BCUT2D eigenvalue weighted by Gasteiger charge is 2.51. The van der Waals surface area contributed by atoms with E-state index in [1.807, 2.05) is 0 Å². The number of ether oxygens (including phenoxy) is 5. The Labute approximate surface area is 162 Å². The van der Waals surface area contributed by atoms with Crippen LogP contribution in [-0.2, 0) is 33.3 Å². The van der Waals surface area contributed by atoms with Crippen molar-refractivity contribution in [2.45, 2.75) is 65.3 Å². The monoisotopic (exact) mass is 396 g/mol. The second kappa shape index (κ2) is 8.92. The number of aromatic hydroxyl groups is 1. The largest absolute Gasteiger partial charge is 0.504 e. The Balaban J connectivity index is 2.39. The smallest absolute Gasteiger partial charge is 0.303 e. The first-order valence-corrected chi connectivity index (χ1v) is 8.72. The van der Waals surface area contributed by atoms with Crippen LogP contribution in [0.5, 0.6) is 11.5 Å². The SMILES string of the molecule is CC(=O)O[C@@H]1[C@H](OC(C)=O)[C@H](Oc2cc(C)ccc2O)O[C@H](C)[C@H]1OC(C)=O. The molecule has 0 bridgehead atoms. The zero-order valence-corrected chi connectivity index (χ0v) is 16.3. The molecular weight excluding hydrogens is 372 g/mol. The lowest BCUT2D eigenvalue weighted by molar-refractivity contribution is -0.280. The molecule has 1 saturated heterocycles. The molecule has 0 aliphatic carbocycles. The van der Waals surface area contributed by atoms with Gasteiger partial charge in [0.2, 0.25) is 12.4 Å². The van der Waals surface area contributed by atoms with Crippen molar-refractivity contribution in [1.29, 1.82) is 0 Å². The first-order valence-electron chi connectivity index (χ1n) is 8.72. The summed E-state index contributed by atoms with van der Waals surface area (Å²) in [5, 5.41) is 10.0. The molecule has 1 aromatic rings. The standard InChI is InChI=1S/C19H24O9/c1-9-6-7-14(23)15(8-9)28-19-18(27-13(5)22)17(26-12(4)21)16(10(2)24-19)25-11(3)20/h6-8,10,16-19,23H,1-5H3/t10-,16-,17+,18+,19+/m1/s1. The van der Waals surface area contributed by atoms with Crippen molar-refractivity contribution in [2.24, 2.45) is 0 Å². The molecule has 154 valence electrons. The van der Waals surface area contributed by atoms with Gasteiger partial charge in [0, 0.05) is 20.8 Å². The summed E-state index contributed by atoms with van der Waals surface area (Å²) < 4.78 is 27.3. The Morgan fingerprint density at radius 1 is 0.929 bits per heavy atom. The maximum atomic E-state index is 11.6. The summed E-state index contributed by atoms with van der Waals surface area (Å²) in [5.74, 6) is -2.00. The van der Waals surface area contributed by atoms with Gasteiger partial charge in [-0.3, -0.25) is 14.4 Å². The summed E-state index contributed by atoms with van der Waals surface area (Å²) >= 11 is 0. The van der Waals surface area contributed by atoms with Gasteiger partial charge in [0.1, 0.15) is 0 Å². The summed E-state index contributed by atoms with van der Waals surface area (Å²) in [6.07, 6.45) is -5.38. The van der Waals surface area contributed by atoms with E-state index in [2.05, 4.69) is 0 Å². The molecule has 1 aliphatic heterocycles. The highest BCUT2D eigenvalue weighted by Crippen LogP contribution is 2.33. The van der Waals surface area contributed by atoms with E-state index < -0.39 is 48.6 Å². The van der Waals surface area contributed by atoms with E-state index in [1.54, 1.807) is 26.0 Å². The Morgan fingerprint density at radius 2 is 1.46 bits per heavy atom. The Bertz CT molecular complexity index is 745. The molecule has 0 aromatic heterocycles. The van der Waals surface area contributed by atoms with E-state index >= 15 is 0 Å². The van der Waals surface area contributed by atoms with Crippen LogP contribution >= 0.6 is 0 Å². The zero-order chi connectivity index (χ0) is 21.0.